The first kappa shape index (κ1) is 18.7. The summed E-state index contributed by atoms with van der Waals surface area (Å²) in [5.41, 5.74) is 2.73. The lowest BCUT2D eigenvalue weighted by Crippen LogP contribution is -2.28. The number of ether oxygens (including phenoxy) is 1. The van der Waals surface area contributed by atoms with Gasteiger partial charge in [0.1, 0.15) is 5.75 Å². The molecule has 0 bridgehead atoms. The standard InChI is InChI=1S/C22H24N2O3/c1-15(25)23-19-10-3-16(4-11-19)5-14-21(26)24-22(17-6-7-17)18-8-12-20(27-2)13-9-18/h3-5,8-14,17,22H,6-7H2,1-2H3,(H,23,25)(H,24,26)/b14-5+. The monoisotopic (exact) mass is 364 g/mol. The Morgan fingerprint density at radius 3 is 2.30 bits per heavy atom. The first-order chi connectivity index (χ1) is 13.0. The van der Waals surface area contributed by atoms with Crippen LogP contribution in [0.4, 0.5) is 5.69 Å². The number of amides is 2. The van der Waals surface area contributed by atoms with Gasteiger partial charge in [-0.15, -0.1) is 0 Å². The molecule has 5 heteroatoms. The Kier molecular flexibility index (Phi) is 5.91. The maximum atomic E-state index is 12.4. The lowest BCUT2D eigenvalue weighted by molar-refractivity contribution is -0.117. The summed E-state index contributed by atoms with van der Waals surface area (Å²) >= 11 is 0. The van der Waals surface area contributed by atoms with Crippen LogP contribution >= 0.6 is 0 Å². The number of anilines is 1. The smallest absolute Gasteiger partial charge is 0.244 e. The van der Waals surface area contributed by atoms with Gasteiger partial charge in [0.25, 0.3) is 0 Å². The predicted molar refractivity (Wildman–Crippen MR) is 106 cm³/mol. The zero-order valence-electron chi connectivity index (χ0n) is 15.6. The molecule has 1 fully saturated rings. The summed E-state index contributed by atoms with van der Waals surface area (Å²) in [5, 5.41) is 5.83. The first-order valence-electron chi connectivity index (χ1n) is 9.05. The van der Waals surface area contributed by atoms with Crippen molar-refractivity contribution in [2.45, 2.75) is 25.8 Å². The molecule has 1 aliphatic rings. The van der Waals surface area contributed by atoms with Crippen molar-refractivity contribution < 1.29 is 14.3 Å². The molecule has 2 aromatic rings. The number of methoxy groups -OCH3 is 1. The fourth-order valence-corrected chi connectivity index (χ4v) is 2.97. The zero-order valence-corrected chi connectivity index (χ0v) is 15.6. The van der Waals surface area contributed by atoms with Crippen LogP contribution < -0.4 is 15.4 Å². The summed E-state index contributed by atoms with van der Waals surface area (Å²) in [6, 6.07) is 15.2. The van der Waals surface area contributed by atoms with E-state index in [-0.39, 0.29) is 17.9 Å². The molecule has 2 aromatic carbocycles. The summed E-state index contributed by atoms with van der Waals surface area (Å²) in [6.07, 6.45) is 5.58. The van der Waals surface area contributed by atoms with E-state index in [1.54, 1.807) is 19.3 Å². The quantitative estimate of drug-likeness (QED) is 0.732. The van der Waals surface area contributed by atoms with Gasteiger partial charge in [0, 0.05) is 18.7 Å². The van der Waals surface area contributed by atoms with E-state index in [0.29, 0.717) is 5.92 Å². The summed E-state index contributed by atoms with van der Waals surface area (Å²) in [4.78, 5) is 23.4. The molecular weight excluding hydrogens is 340 g/mol. The highest BCUT2D eigenvalue weighted by molar-refractivity contribution is 5.92. The second-order valence-corrected chi connectivity index (χ2v) is 6.73. The van der Waals surface area contributed by atoms with Crippen molar-refractivity contribution in [2.75, 3.05) is 12.4 Å². The van der Waals surface area contributed by atoms with Gasteiger partial charge in [0.15, 0.2) is 0 Å². The Hall–Kier alpha value is -3.08. The molecule has 2 amide bonds. The number of carbonyl (C=O) groups excluding carboxylic acids is 2. The minimum absolute atomic E-state index is 0.0233. The molecule has 1 unspecified atom stereocenters. The van der Waals surface area contributed by atoms with Crippen LogP contribution in [0.25, 0.3) is 6.08 Å². The Morgan fingerprint density at radius 1 is 1.07 bits per heavy atom. The molecule has 2 N–H and O–H groups in total. The maximum absolute atomic E-state index is 12.4. The Labute approximate surface area is 159 Å². The number of hydrogen-bond acceptors (Lipinski definition) is 3. The van der Waals surface area contributed by atoms with Crippen molar-refractivity contribution in [1.29, 1.82) is 0 Å². The third kappa shape index (κ3) is 5.45. The molecule has 0 radical (unpaired) electrons. The highest BCUT2D eigenvalue weighted by Crippen LogP contribution is 2.41. The lowest BCUT2D eigenvalue weighted by atomic mass is 10.0. The molecule has 1 aliphatic carbocycles. The SMILES string of the molecule is COc1ccc(C(NC(=O)/C=C/c2ccc(NC(C)=O)cc2)C2CC2)cc1. The van der Waals surface area contributed by atoms with Crippen LogP contribution in [0.3, 0.4) is 0 Å². The molecule has 3 rings (SSSR count). The van der Waals surface area contributed by atoms with Gasteiger partial charge < -0.3 is 15.4 Å². The van der Waals surface area contributed by atoms with E-state index >= 15 is 0 Å². The van der Waals surface area contributed by atoms with Crippen molar-refractivity contribution in [3.8, 4) is 5.75 Å². The number of carbonyl (C=O) groups is 2. The van der Waals surface area contributed by atoms with Crippen LogP contribution in [-0.2, 0) is 9.59 Å². The van der Waals surface area contributed by atoms with E-state index < -0.39 is 0 Å². The number of benzene rings is 2. The summed E-state index contributed by atoms with van der Waals surface area (Å²) in [7, 11) is 1.64. The van der Waals surface area contributed by atoms with Crippen LogP contribution in [0, 0.1) is 5.92 Å². The second-order valence-electron chi connectivity index (χ2n) is 6.73. The van der Waals surface area contributed by atoms with Gasteiger partial charge in [-0.3, -0.25) is 9.59 Å². The fraction of sp³-hybridized carbons (Fsp3) is 0.273. The largest absolute Gasteiger partial charge is 0.497 e. The summed E-state index contributed by atoms with van der Waals surface area (Å²) in [5.74, 6) is 1.07. The van der Waals surface area contributed by atoms with Gasteiger partial charge in [0.2, 0.25) is 11.8 Å². The van der Waals surface area contributed by atoms with E-state index in [1.807, 2.05) is 48.5 Å². The Morgan fingerprint density at radius 2 is 1.74 bits per heavy atom. The third-order valence-corrected chi connectivity index (χ3v) is 4.52. The highest BCUT2D eigenvalue weighted by atomic mass is 16.5. The van der Waals surface area contributed by atoms with Gasteiger partial charge in [-0.25, -0.2) is 0 Å². The highest BCUT2D eigenvalue weighted by Gasteiger charge is 2.33. The Balaban J connectivity index is 1.62. The first-order valence-corrected chi connectivity index (χ1v) is 9.05. The van der Waals surface area contributed by atoms with Crippen LogP contribution in [0.5, 0.6) is 5.75 Å². The van der Waals surface area contributed by atoms with E-state index in [0.717, 1.165) is 35.4 Å². The van der Waals surface area contributed by atoms with Gasteiger partial charge in [-0.2, -0.15) is 0 Å². The third-order valence-electron chi connectivity index (χ3n) is 4.52. The van der Waals surface area contributed by atoms with Crippen LogP contribution in [-0.4, -0.2) is 18.9 Å². The van der Waals surface area contributed by atoms with Gasteiger partial charge in [-0.05, 0) is 60.2 Å². The van der Waals surface area contributed by atoms with Crippen molar-refractivity contribution in [3.05, 3.63) is 65.7 Å². The number of nitrogens with one attached hydrogen (secondary N) is 2. The molecule has 1 saturated carbocycles. The van der Waals surface area contributed by atoms with Crippen molar-refractivity contribution in [2.24, 2.45) is 5.92 Å². The van der Waals surface area contributed by atoms with E-state index in [9.17, 15) is 9.59 Å². The number of hydrogen-bond donors (Lipinski definition) is 2. The van der Waals surface area contributed by atoms with Crippen molar-refractivity contribution >= 4 is 23.6 Å². The average molecular weight is 364 g/mol. The van der Waals surface area contributed by atoms with Crippen molar-refractivity contribution in [3.63, 3.8) is 0 Å². The normalized spacial score (nSPS) is 14.6. The molecule has 5 nitrogen and oxygen atoms in total. The van der Waals surface area contributed by atoms with Gasteiger partial charge >= 0.3 is 0 Å². The summed E-state index contributed by atoms with van der Waals surface area (Å²) < 4.78 is 5.20. The van der Waals surface area contributed by atoms with Gasteiger partial charge in [-0.1, -0.05) is 24.3 Å². The maximum Gasteiger partial charge on any atom is 0.244 e. The van der Waals surface area contributed by atoms with Crippen LogP contribution in [0.2, 0.25) is 0 Å². The molecule has 0 aromatic heterocycles. The minimum atomic E-state index is -0.117. The van der Waals surface area contributed by atoms with Crippen molar-refractivity contribution in [1.82, 2.24) is 5.32 Å². The predicted octanol–water partition coefficient (Wildman–Crippen LogP) is 3.93. The molecular formula is C22H24N2O3. The molecule has 27 heavy (non-hydrogen) atoms. The molecule has 140 valence electrons. The average Bonchev–Trinajstić information content (AvgIpc) is 3.50. The fourth-order valence-electron chi connectivity index (χ4n) is 2.97. The molecule has 1 atom stereocenters. The Bertz CT molecular complexity index is 822. The van der Waals surface area contributed by atoms with Gasteiger partial charge in [0.05, 0.1) is 13.2 Å². The van der Waals surface area contributed by atoms with E-state index in [1.165, 1.54) is 6.92 Å². The van der Waals surface area contributed by atoms with E-state index in [2.05, 4.69) is 10.6 Å². The second kappa shape index (κ2) is 8.54. The van der Waals surface area contributed by atoms with E-state index in [4.69, 9.17) is 4.74 Å². The molecule has 0 heterocycles. The van der Waals surface area contributed by atoms with Crippen LogP contribution in [0.15, 0.2) is 54.6 Å². The van der Waals surface area contributed by atoms with Crippen LogP contribution in [0.1, 0.15) is 36.9 Å². The molecule has 0 aliphatic heterocycles. The summed E-state index contributed by atoms with van der Waals surface area (Å²) in [6.45, 7) is 1.47. The molecule has 0 saturated heterocycles. The molecule has 0 spiro atoms. The zero-order chi connectivity index (χ0) is 19.2. The lowest BCUT2D eigenvalue weighted by Gasteiger charge is -2.18. The number of rotatable bonds is 7. The topological polar surface area (TPSA) is 67.4 Å². The minimum Gasteiger partial charge on any atom is -0.497 e.